The first-order chi connectivity index (χ1) is 9.81. The Labute approximate surface area is 126 Å². The van der Waals surface area contributed by atoms with Crippen molar-refractivity contribution < 1.29 is 24.1 Å². The van der Waals surface area contributed by atoms with Gasteiger partial charge >= 0.3 is 5.97 Å². The zero-order chi connectivity index (χ0) is 15.9. The molecule has 0 saturated heterocycles. The van der Waals surface area contributed by atoms with E-state index in [4.69, 9.17) is 19.3 Å². The third kappa shape index (κ3) is 7.15. The van der Waals surface area contributed by atoms with Gasteiger partial charge in [0.15, 0.2) is 18.3 Å². The van der Waals surface area contributed by atoms with Gasteiger partial charge in [0.2, 0.25) is 0 Å². The van der Waals surface area contributed by atoms with E-state index in [-0.39, 0.29) is 13.2 Å². The Kier molecular flexibility index (Phi) is 6.71. The highest BCUT2D eigenvalue weighted by Gasteiger charge is 2.12. The van der Waals surface area contributed by atoms with Crippen LogP contribution in [-0.4, -0.2) is 39.7 Å². The van der Waals surface area contributed by atoms with Crippen molar-refractivity contribution in [1.29, 1.82) is 0 Å². The van der Waals surface area contributed by atoms with E-state index in [0.29, 0.717) is 23.7 Å². The van der Waals surface area contributed by atoms with Crippen LogP contribution < -0.4 is 9.47 Å². The molecule has 1 aromatic carbocycles. The molecule has 1 rings (SSSR count). The molecule has 0 radical (unpaired) electrons. The maximum Gasteiger partial charge on any atom is 0.307 e. The molecule has 0 unspecified atom stereocenters. The molecule has 21 heavy (non-hydrogen) atoms. The molecule has 118 valence electrons. The molecule has 1 aromatic rings. The van der Waals surface area contributed by atoms with Crippen molar-refractivity contribution in [2.75, 3.05) is 20.5 Å². The Morgan fingerprint density at radius 1 is 1.24 bits per heavy atom. The van der Waals surface area contributed by atoms with Crippen LogP contribution in [0.1, 0.15) is 5.56 Å². The van der Waals surface area contributed by atoms with E-state index < -0.39 is 14.0 Å². The fraction of sp³-hybridized carbons (Fsp3) is 0.533. The van der Waals surface area contributed by atoms with Crippen molar-refractivity contribution in [3.63, 3.8) is 0 Å². The number of carbonyl (C=O) groups is 1. The normalized spacial score (nSPS) is 11.2. The second kappa shape index (κ2) is 8.04. The highest BCUT2D eigenvalue weighted by atomic mass is 28.3. The zero-order valence-corrected chi connectivity index (χ0v) is 14.1. The topological polar surface area (TPSA) is 65.0 Å². The lowest BCUT2D eigenvalue weighted by Crippen LogP contribution is -2.22. The van der Waals surface area contributed by atoms with Gasteiger partial charge in [0.05, 0.1) is 13.5 Å². The van der Waals surface area contributed by atoms with E-state index in [2.05, 4.69) is 19.6 Å². The number of hydrogen-bond donors (Lipinski definition) is 1. The lowest BCUT2D eigenvalue weighted by molar-refractivity contribution is -0.136. The fourth-order valence-corrected chi connectivity index (χ4v) is 2.41. The van der Waals surface area contributed by atoms with Crippen LogP contribution in [0.15, 0.2) is 18.2 Å². The molecule has 0 aromatic heterocycles. The summed E-state index contributed by atoms with van der Waals surface area (Å²) in [6, 6.07) is 6.18. The van der Waals surface area contributed by atoms with E-state index in [1.165, 1.54) is 7.11 Å². The largest absolute Gasteiger partial charge is 0.493 e. The minimum Gasteiger partial charge on any atom is -0.493 e. The molecule has 0 aliphatic carbocycles. The first-order valence-electron chi connectivity index (χ1n) is 6.91. The molecule has 0 aliphatic heterocycles. The Bertz CT molecular complexity index is 468. The maximum absolute atomic E-state index is 10.7. The number of carboxylic acids is 1. The molecule has 0 amide bonds. The van der Waals surface area contributed by atoms with Gasteiger partial charge in [-0.2, -0.15) is 0 Å². The van der Waals surface area contributed by atoms with Gasteiger partial charge in [-0.05, 0) is 23.7 Å². The first-order valence-corrected chi connectivity index (χ1v) is 10.6. The molecule has 0 spiro atoms. The lowest BCUT2D eigenvalue weighted by atomic mass is 10.1. The summed E-state index contributed by atoms with van der Waals surface area (Å²) >= 11 is 0. The molecule has 0 atom stereocenters. The predicted molar refractivity (Wildman–Crippen MR) is 83.9 cm³/mol. The standard InChI is InChI=1S/C15H24O5Si/c1-18-14-9-12(10-15(16)17)5-6-13(14)20-11-19-7-8-21(2,3)4/h5-6,9H,7-8,10-11H2,1-4H3,(H,16,17). The van der Waals surface area contributed by atoms with Crippen LogP contribution in [0, 0.1) is 0 Å². The van der Waals surface area contributed by atoms with Crippen molar-refractivity contribution in [2.45, 2.75) is 32.1 Å². The van der Waals surface area contributed by atoms with Gasteiger partial charge in [-0.15, -0.1) is 0 Å². The van der Waals surface area contributed by atoms with Gasteiger partial charge in [0, 0.05) is 14.7 Å². The van der Waals surface area contributed by atoms with Crippen molar-refractivity contribution in [3.05, 3.63) is 23.8 Å². The predicted octanol–water partition coefficient (Wildman–Crippen LogP) is 3.01. The third-order valence-electron chi connectivity index (χ3n) is 2.88. The average Bonchev–Trinajstić information content (AvgIpc) is 2.37. The summed E-state index contributed by atoms with van der Waals surface area (Å²) in [7, 11) is 0.438. The molecule has 0 bridgehead atoms. The van der Waals surface area contributed by atoms with Crippen molar-refractivity contribution in [3.8, 4) is 11.5 Å². The summed E-state index contributed by atoms with van der Waals surface area (Å²) in [5, 5.41) is 8.78. The molecular formula is C15H24O5Si. The Balaban J connectivity index is 2.49. The van der Waals surface area contributed by atoms with Gasteiger partial charge in [-0.25, -0.2) is 0 Å². The Morgan fingerprint density at radius 2 is 1.95 bits per heavy atom. The molecule has 0 saturated carbocycles. The fourth-order valence-electron chi connectivity index (χ4n) is 1.66. The monoisotopic (exact) mass is 312 g/mol. The highest BCUT2D eigenvalue weighted by molar-refractivity contribution is 6.76. The summed E-state index contributed by atoms with van der Waals surface area (Å²) in [5.74, 6) is 0.197. The van der Waals surface area contributed by atoms with E-state index in [9.17, 15) is 4.79 Å². The molecule has 6 heteroatoms. The minimum atomic E-state index is -1.09. The van der Waals surface area contributed by atoms with Crippen molar-refractivity contribution in [1.82, 2.24) is 0 Å². The van der Waals surface area contributed by atoms with Crippen molar-refractivity contribution in [2.24, 2.45) is 0 Å². The molecular weight excluding hydrogens is 288 g/mol. The second-order valence-electron chi connectivity index (χ2n) is 6.04. The van der Waals surface area contributed by atoms with Gasteiger partial charge in [0.1, 0.15) is 0 Å². The third-order valence-corrected chi connectivity index (χ3v) is 4.58. The smallest absolute Gasteiger partial charge is 0.307 e. The summed E-state index contributed by atoms with van der Waals surface area (Å²) in [4.78, 5) is 10.7. The summed E-state index contributed by atoms with van der Waals surface area (Å²) < 4.78 is 16.2. The van der Waals surface area contributed by atoms with E-state index in [1.807, 2.05) is 0 Å². The van der Waals surface area contributed by atoms with Crippen LogP contribution in [0.3, 0.4) is 0 Å². The van der Waals surface area contributed by atoms with E-state index >= 15 is 0 Å². The molecule has 0 fully saturated rings. The van der Waals surface area contributed by atoms with Crippen LogP contribution in [-0.2, 0) is 16.0 Å². The molecule has 0 aliphatic rings. The van der Waals surface area contributed by atoms with E-state index in [1.54, 1.807) is 18.2 Å². The number of ether oxygens (including phenoxy) is 3. The number of hydrogen-bond acceptors (Lipinski definition) is 4. The number of methoxy groups -OCH3 is 1. The SMILES string of the molecule is COc1cc(CC(=O)O)ccc1OCOCC[Si](C)(C)C. The van der Waals surface area contributed by atoms with Gasteiger partial charge in [-0.1, -0.05) is 25.7 Å². The Hall–Kier alpha value is -1.53. The molecule has 1 N–H and O–H groups in total. The maximum atomic E-state index is 10.7. The van der Waals surface area contributed by atoms with Crippen LogP contribution in [0.25, 0.3) is 0 Å². The highest BCUT2D eigenvalue weighted by Crippen LogP contribution is 2.28. The number of rotatable bonds is 9. The van der Waals surface area contributed by atoms with Crippen LogP contribution in [0.2, 0.25) is 25.7 Å². The number of carboxylic acid groups (broad SMARTS) is 1. The van der Waals surface area contributed by atoms with Gasteiger partial charge in [-0.3, -0.25) is 4.79 Å². The summed E-state index contributed by atoms with van der Waals surface area (Å²) in [6.45, 7) is 7.73. The van der Waals surface area contributed by atoms with Gasteiger partial charge in [0.25, 0.3) is 0 Å². The summed E-state index contributed by atoms with van der Waals surface area (Å²) in [6.07, 6.45) is -0.0383. The molecule has 0 heterocycles. The lowest BCUT2D eigenvalue weighted by Gasteiger charge is -2.16. The second-order valence-corrected chi connectivity index (χ2v) is 11.7. The van der Waals surface area contributed by atoms with Gasteiger partial charge < -0.3 is 19.3 Å². The van der Waals surface area contributed by atoms with Crippen LogP contribution >= 0.6 is 0 Å². The quantitative estimate of drug-likeness (QED) is 0.431. The summed E-state index contributed by atoms with van der Waals surface area (Å²) in [5.41, 5.74) is 0.673. The van der Waals surface area contributed by atoms with E-state index in [0.717, 1.165) is 6.04 Å². The zero-order valence-electron chi connectivity index (χ0n) is 13.1. The first kappa shape index (κ1) is 17.5. The Morgan fingerprint density at radius 3 is 2.52 bits per heavy atom. The number of benzene rings is 1. The van der Waals surface area contributed by atoms with Crippen LogP contribution in [0.4, 0.5) is 0 Å². The van der Waals surface area contributed by atoms with Crippen molar-refractivity contribution >= 4 is 14.0 Å². The molecule has 5 nitrogen and oxygen atoms in total. The van der Waals surface area contributed by atoms with Crippen LogP contribution in [0.5, 0.6) is 11.5 Å². The number of aliphatic carboxylic acids is 1. The average molecular weight is 312 g/mol. The minimum absolute atomic E-state index is 0.0383.